The number of aryl methyl sites for hydroxylation is 2. The Hall–Kier alpha value is -3.04. The van der Waals surface area contributed by atoms with Gasteiger partial charge in [0.15, 0.2) is 0 Å². The van der Waals surface area contributed by atoms with Crippen LogP contribution in [0.25, 0.3) is 22.0 Å². The van der Waals surface area contributed by atoms with Gasteiger partial charge in [0.1, 0.15) is 5.75 Å². The molecule has 0 radical (unpaired) electrons. The van der Waals surface area contributed by atoms with Crippen molar-refractivity contribution < 1.29 is 17.9 Å². The molecular weight excluding hydrogens is 597 g/mol. The number of piperidine rings is 1. The Balaban J connectivity index is 1.19. The van der Waals surface area contributed by atoms with E-state index in [0.717, 1.165) is 84.9 Å². The second-order valence-electron chi connectivity index (χ2n) is 12.8. The van der Waals surface area contributed by atoms with Crippen LogP contribution in [-0.4, -0.2) is 53.5 Å². The molecule has 1 spiro atoms. The van der Waals surface area contributed by atoms with Crippen LogP contribution in [0, 0.1) is 5.41 Å². The standard InChI is InChI=1S/C36H42ClF3N4O/c1-2-27-21-29(45-36(38,39)40)9-10-30(27)32-24-44(16-5-15-41)34-11-8-26(20-31(32)34)22-43-19-14-35(25-43)12-17-42(18-13-35)23-28-6-3-4-7-33(28)37/h3-4,6-11,20-21,24H,2,5,12-19,22-23,25,41H2,1H3. The fraction of sp³-hybridized carbons (Fsp3) is 0.444. The lowest BCUT2D eigenvalue weighted by Gasteiger charge is -2.39. The van der Waals surface area contributed by atoms with Crippen molar-refractivity contribution in [3.63, 3.8) is 0 Å². The van der Waals surface area contributed by atoms with Crippen molar-refractivity contribution in [3.8, 4) is 16.9 Å². The summed E-state index contributed by atoms with van der Waals surface area (Å²) in [7, 11) is 0. The highest BCUT2D eigenvalue weighted by Crippen LogP contribution is 2.42. The Morgan fingerprint density at radius 2 is 1.64 bits per heavy atom. The smallest absolute Gasteiger partial charge is 0.406 e. The average molecular weight is 639 g/mol. The first-order valence-electron chi connectivity index (χ1n) is 16.0. The number of likely N-dealkylation sites (tertiary alicyclic amines) is 2. The van der Waals surface area contributed by atoms with Crippen LogP contribution in [-0.2, 0) is 26.1 Å². The third kappa shape index (κ3) is 7.35. The molecule has 5 nitrogen and oxygen atoms in total. The maximum atomic E-state index is 12.9. The molecule has 2 fully saturated rings. The number of halogens is 4. The van der Waals surface area contributed by atoms with Crippen molar-refractivity contribution in [3.05, 3.63) is 88.6 Å². The number of fused-ring (bicyclic) bond motifs is 1. The fourth-order valence-electron chi connectivity index (χ4n) is 7.31. The molecule has 2 saturated heterocycles. The van der Waals surface area contributed by atoms with Gasteiger partial charge in [0.05, 0.1) is 0 Å². The van der Waals surface area contributed by atoms with E-state index in [9.17, 15) is 13.2 Å². The number of nitrogens with zero attached hydrogens (tertiary/aromatic N) is 3. The number of benzene rings is 3. The van der Waals surface area contributed by atoms with Gasteiger partial charge in [-0.2, -0.15) is 0 Å². The van der Waals surface area contributed by atoms with Crippen LogP contribution in [0.1, 0.15) is 49.3 Å². The summed E-state index contributed by atoms with van der Waals surface area (Å²) < 4.78 is 45.2. The van der Waals surface area contributed by atoms with Crippen LogP contribution in [0.3, 0.4) is 0 Å². The largest absolute Gasteiger partial charge is 0.573 e. The van der Waals surface area contributed by atoms with Gasteiger partial charge in [-0.1, -0.05) is 48.9 Å². The minimum Gasteiger partial charge on any atom is -0.406 e. The zero-order valence-electron chi connectivity index (χ0n) is 25.9. The molecule has 0 saturated carbocycles. The molecular formula is C36H42ClF3N4O. The lowest BCUT2D eigenvalue weighted by Crippen LogP contribution is -2.41. The number of hydrogen-bond acceptors (Lipinski definition) is 4. The van der Waals surface area contributed by atoms with E-state index in [0.29, 0.717) is 18.4 Å². The maximum absolute atomic E-state index is 12.9. The van der Waals surface area contributed by atoms with Crippen LogP contribution in [0.5, 0.6) is 5.75 Å². The van der Waals surface area contributed by atoms with Crippen molar-refractivity contribution in [2.75, 3.05) is 32.7 Å². The quantitative estimate of drug-likeness (QED) is 0.190. The number of nitrogens with two attached hydrogens (primary N) is 1. The van der Waals surface area contributed by atoms with Crippen molar-refractivity contribution in [2.45, 2.75) is 65.0 Å². The molecule has 240 valence electrons. The predicted octanol–water partition coefficient (Wildman–Crippen LogP) is 8.26. The average Bonchev–Trinajstić information content (AvgIpc) is 3.58. The second-order valence-corrected chi connectivity index (χ2v) is 13.2. The number of rotatable bonds is 10. The van der Waals surface area contributed by atoms with E-state index in [2.05, 4.69) is 55.6 Å². The van der Waals surface area contributed by atoms with Gasteiger partial charge in [0.2, 0.25) is 0 Å². The molecule has 1 aromatic heterocycles. The maximum Gasteiger partial charge on any atom is 0.573 e. The zero-order valence-corrected chi connectivity index (χ0v) is 26.6. The molecule has 0 atom stereocenters. The van der Waals surface area contributed by atoms with Gasteiger partial charge in [0.25, 0.3) is 0 Å². The molecule has 0 amide bonds. The molecule has 3 heterocycles. The fourth-order valence-corrected chi connectivity index (χ4v) is 7.50. The summed E-state index contributed by atoms with van der Waals surface area (Å²) in [6.45, 7) is 9.51. The van der Waals surface area contributed by atoms with E-state index in [-0.39, 0.29) is 5.75 Å². The summed E-state index contributed by atoms with van der Waals surface area (Å²) in [6, 6.07) is 19.5. The first-order valence-corrected chi connectivity index (χ1v) is 16.4. The van der Waals surface area contributed by atoms with Gasteiger partial charge in [-0.3, -0.25) is 9.80 Å². The Morgan fingerprint density at radius 3 is 2.36 bits per heavy atom. The highest BCUT2D eigenvalue weighted by molar-refractivity contribution is 6.31. The molecule has 0 bridgehead atoms. The summed E-state index contributed by atoms with van der Waals surface area (Å²) in [5, 5.41) is 1.96. The molecule has 0 unspecified atom stereocenters. The summed E-state index contributed by atoms with van der Waals surface area (Å²) >= 11 is 6.42. The van der Waals surface area contributed by atoms with Crippen LogP contribution >= 0.6 is 11.6 Å². The highest BCUT2D eigenvalue weighted by atomic mass is 35.5. The Bertz CT molecular complexity index is 1630. The summed E-state index contributed by atoms with van der Waals surface area (Å²) in [5.41, 5.74) is 12.6. The van der Waals surface area contributed by atoms with Gasteiger partial charge in [0, 0.05) is 53.9 Å². The molecule has 45 heavy (non-hydrogen) atoms. The number of ether oxygens (including phenoxy) is 1. The lowest BCUT2D eigenvalue weighted by molar-refractivity contribution is -0.274. The van der Waals surface area contributed by atoms with Crippen LogP contribution in [0.4, 0.5) is 13.2 Å². The van der Waals surface area contributed by atoms with Crippen molar-refractivity contribution in [1.29, 1.82) is 0 Å². The molecule has 2 aliphatic heterocycles. The summed E-state index contributed by atoms with van der Waals surface area (Å²) in [5.74, 6) is -0.187. The summed E-state index contributed by atoms with van der Waals surface area (Å²) in [6.07, 6.45) is 2.47. The molecule has 2 N–H and O–H groups in total. The minimum atomic E-state index is -4.72. The lowest BCUT2D eigenvalue weighted by atomic mass is 9.77. The molecule has 2 aliphatic rings. The van der Waals surface area contributed by atoms with Crippen molar-refractivity contribution >= 4 is 22.5 Å². The molecule has 0 aliphatic carbocycles. The van der Waals surface area contributed by atoms with Crippen molar-refractivity contribution in [2.24, 2.45) is 11.1 Å². The van der Waals surface area contributed by atoms with E-state index in [1.165, 1.54) is 42.5 Å². The van der Waals surface area contributed by atoms with E-state index >= 15 is 0 Å². The first-order chi connectivity index (χ1) is 21.6. The number of hydrogen-bond donors (Lipinski definition) is 1. The van der Waals surface area contributed by atoms with Gasteiger partial charge in [-0.05, 0) is 116 Å². The zero-order chi connectivity index (χ0) is 31.6. The van der Waals surface area contributed by atoms with Crippen LogP contribution in [0.2, 0.25) is 5.02 Å². The van der Waals surface area contributed by atoms with E-state index in [1.807, 2.05) is 19.1 Å². The third-order valence-corrected chi connectivity index (χ3v) is 10.1. The minimum absolute atomic E-state index is 0.187. The van der Waals surface area contributed by atoms with Crippen LogP contribution in [0.15, 0.2) is 66.9 Å². The summed E-state index contributed by atoms with van der Waals surface area (Å²) in [4.78, 5) is 5.13. The predicted molar refractivity (Wildman–Crippen MR) is 175 cm³/mol. The second kappa shape index (κ2) is 13.4. The highest BCUT2D eigenvalue weighted by Gasteiger charge is 2.40. The monoisotopic (exact) mass is 638 g/mol. The number of aromatic nitrogens is 1. The Kier molecular flexibility index (Phi) is 9.48. The van der Waals surface area contributed by atoms with Crippen LogP contribution < -0.4 is 10.5 Å². The van der Waals surface area contributed by atoms with Crippen molar-refractivity contribution in [1.82, 2.24) is 14.4 Å². The first kappa shape index (κ1) is 31.9. The van der Waals surface area contributed by atoms with Gasteiger partial charge in [-0.25, -0.2) is 0 Å². The van der Waals surface area contributed by atoms with E-state index in [1.54, 1.807) is 6.07 Å². The third-order valence-electron chi connectivity index (χ3n) is 9.72. The normalized spacial score (nSPS) is 17.5. The van der Waals surface area contributed by atoms with E-state index < -0.39 is 6.36 Å². The number of alkyl halides is 3. The van der Waals surface area contributed by atoms with Gasteiger partial charge >= 0.3 is 6.36 Å². The Labute approximate surface area is 268 Å². The van der Waals surface area contributed by atoms with E-state index in [4.69, 9.17) is 17.3 Å². The molecule has 3 aromatic carbocycles. The SMILES string of the molecule is CCc1cc(OC(F)(F)F)ccc1-c1cn(CCCN)c2ccc(CN3CCC4(CCN(Cc5ccccc5Cl)CC4)C3)cc12. The van der Waals surface area contributed by atoms with Gasteiger partial charge in [-0.15, -0.1) is 13.2 Å². The molecule has 9 heteroatoms. The topological polar surface area (TPSA) is 46.7 Å². The Morgan fingerprint density at radius 1 is 0.889 bits per heavy atom. The van der Waals surface area contributed by atoms with Gasteiger partial charge < -0.3 is 15.0 Å². The molecule has 6 rings (SSSR count). The molecule has 4 aromatic rings.